The van der Waals surface area contributed by atoms with Gasteiger partial charge in [-0.2, -0.15) is 0 Å². The number of rotatable bonds is 3. The van der Waals surface area contributed by atoms with E-state index in [0.717, 1.165) is 12.0 Å². The quantitative estimate of drug-likeness (QED) is 0.814. The summed E-state index contributed by atoms with van der Waals surface area (Å²) in [5.74, 6) is 0.368. The Balaban J connectivity index is 3.38. The van der Waals surface area contributed by atoms with Crippen LogP contribution >= 0.6 is 11.6 Å². The molecule has 0 aromatic heterocycles. The molecule has 3 nitrogen and oxygen atoms in total. The number of aryl methyl sites for hydroxylation is 1. The lowest BCUT2D eigenvalue weighted by molar-refractivity contribution is 0.275. The molecule has 0 aliphatic rings. The Labute approximate surface area is 87.9 Å². The van der Waals surface area contributed by atoms with Gasteiger partial charge in [0.2, 0.25) is 0 Å². The van der Waals surface area contributed by atoms with Crippen molar-refractivity contribution in [3.05, 3.63) is 22.2 Å². The van der Waals surface area contributed by atoms with Gasteiger partial charge in [-0.1, -0.05) is 18.5 Å². The average Bonchev–Trinajstić information content (AvgIpc) is 2.21. The molecule has 4 heteroatoms. The Bertz CT molecular complexity index is 337. The zero-order valence-corrected chi connectivity index (χ0v) is 8.93. The molecule has 0 unspecified atom stereocenters. The van der Waals surface area contributed by atoms with Crippen molar-refractivity contribution in [1.29, 1.82) is 0 Å². The first kappa shape index (κ1) is 11.1. The van der Waals surface area contributed by atoms with Gasteiger partial charge in [0.15, 0.2) is 0 Å². The average molecular weight is 217 g/mol. The molecule has 0 saturated heterocycles. The number of benzene rings is 1. The maximum Gasteiger partial charge on any atom is 0.144 e. The van der Waals surface area contributed by atoms with Crippen molar-refractivity contribution in [2.75, 3.05) is 7.11 Å². The molecule has 14 heavy (non-hydrogen) atoms. The van der Waals surface area contributed by atoms with Crippen LogP contribution in [0.25, 0.3) is 0 Å². The molecule has 0 saturated carbocycles. The fraction of sp³-hybridized carbons (Fsp3) is 0.400. The van der Waals surface area contributed by atoms with Crippen LogP contribution in [0.15, 0.2) is 6.07 Å². The summed E-state index contributed by atoms with van der Waals surface area (Å²) in [5.41, 5.74) is 1.30. The number of phenols is 1. The molecule has 0 spiro atoms. The summed E-state index contributed by atoms with van der Waals surface area (Å²) in [6, 6.07) is 1.69. The van der Waals surface area contributed by atoms with Crippen molar-refractivity contribution < 1.29 is 14.9 Å². The van der Waals surface area contributed by atoms with Crippen molar-refractivity contribution in [2.45, 2.75) is 20.0 Å². The second kappa shape index (κ2) is 4.53. The minimum absolute atomic E-state index is 0.108. The monoisotopic (exact) mass is 216 g/mol. The molecule has 2 N–H and O–H groups in total. The van der Waals surface area contributed by atoms with Crippen LogP contribution in [-0.2, 0) is 13.0 Å². The van der Waals surface area contributed by atoms with E-state index >= 15 is 0 Å². The van der Waals surface area contributed by atoms with Gasteiger partial charge in [-0.05, 0) is 18.1 Å². The Kier molecular flexibility index (Phi) is 3.61. The molecule has 1 aromatic rings. The zero-order valence-electron chi connectivity index (χ0n) is 8.17. The number of hydrogen-bond acceptors (Lipinski definition) is 3. The van der Waals surface area contributed by atoms with Gasteiger partial charge in [0.1, 0.15) is 16.5 Å². The lowest BCUT2D eigenvalue weighted by Gasteiger charge is -2.12. The highest BCUT2D eigenvalue weighted by Gasteiger charge is 2.15. The minimum Gasteiger partial charge on any atom is -0.506 e. The molecular formula is C10H13ClO3. The summed E-state index contributed by atoms with van der Waals surface area (Å²) in [7, 11) is 1.50. The van der Waals surface area contributed by atoms with E-state index in [4.69, 9.17) is 21.4 Å². The lowest BCUT2D eigenvalue weighted by Crippen LogP contribution is -1.95. The van der Waals surface area contributed by atoms with E-state index in [2.05, 4.69) is 0 Å². The van der Waals surface area contributed by atoms with Crippen LogP contribution in [0.4, 0.5) is 0 Å². The fourth-order valence-electron chi connectivity index (χ4n) is 1.34. The highest BCUT2D eigenvalue weighted by atomic mass is 35.5. The standard InChI is InChI=1S/C10H13ClO3/c1-3-6-4-7(5-12)9(13)8(11)10(6)14-2/h4,12-13H,3,5H2,1-2H3. The van der Waals surface area contributed by atoms with Crippen LogP contribution in [0.2, 0.25) is 5.02 Å². The second-order valence-corrected chi connectivity index (χ2v) is 3.28. The lowest BCUT2D eigenvalue weighted by atomic mass is 10.1. The maximum atomic E-state index is 9.56. The van der Waals surface area contributed by atoms with Crippen molar-refractivity contribution in [2.24, 2.45) is 0 Å². The van der Waals surface area contributed by atoms with E-state index < -0.39 is 0 Å². The predicted molar refractivity (Wildman–Crippen MR) is 55.0 cm³/mol. The van der Waals surface area contributed by atoms with Crippen molar-refractivity contribution in [3.63, 3.8) is 0 Å². The summed E-state index contributed by atoms with van der Waals surface area (Å²) in [6.07, 6.45) is 0.732. The molecule has 78 valence electrons. The predicted octanol–water partition coefficient (Wildman–Crippen LogP) is 2.11. The first-order valence-electron chi connectivity index (χ1n) is 4.33. The number of methoxy groups -OCH3 is 1. The van der Waals surface area contributed by atoms with Gasteiger partial charge in [0.25, 0.3) is 0 Å². The van der Waals surface area contributed by atoms with Gasteiger partial charge in [-0.25, -0.2) is 0 Å². The molecule has 0 heterocycles. The summed E-state index contributed by atoms with van der Waals surface area (Å²) in [5, 5.41) is 18.7. The van der Waals surface area contributed by atoms with Gasteiger partial charge in [-0.15, -0.1) is 0 Å². The molecular weight excluding hydrogens is 204 g/mol. The zero-order chi connectivity index (χ0) is 10.7. The van der Waals surface area contributed by atoms with E-state index in [1.165, 1.54) is 7.11 Å². The van der Waals surface area contributed by atoms with Gasteiger partial charge < -0.3 is 14.9 Å². The molecule has 1 rings (SSSR count). The van der Waals surface area contributed by atoms with Crippen LogP contribution in [0.1, 0.15) is 18.1 Å². The number of hydrogen-bond donors (Lipinski definition) is 2. The molecule has 0 amide bonds. The van der Waals surface area contributed by atoms with Crippen molar-refractivity contribution >= 4 is 11.6 Å². The van der Waals surface area contributed by atoms with Gasteiger partial charge in [0, 0.05) is 5.56 Å². The smallest absolute Gasteiger partial charge is 0.144 e. The number of aliphatic hydroxyl groups excluding tert-OH is 1. The highest BCUT2D eigenvalue weighted by Crippen LogP contribution is 2.39. The highest BCUT2D eigenvalue weighted by molar-refractivity contribution is 6.33. The molecule has 0 fully saturated rings. The van der Waals surface area contributed by atoms with E-state index in [1.807, 2.05) is 6.92 Å². The number of aromatic hydroxyl groups is 1. The molecule has 0 bridgehead atoms. The van der Waals surface area contributed by atoms with Crippen molar-refractivity contribution in [1.82, 2.24) is 0 Å². The van der Waals surface area contributed by atoms with Crippen LogP contribution < -0.4 is 4.74 Å². The Hall–Kier alpha value is -0.930. The first-order valence-corrected chi connectivity index (χ1v) is 4.71. The first-order chi connectivity index (χ1) is 6.65. The SMILES string of the molecule is CCc1cc(CO)c(O)c(Cl)c1OC. The van der Waals surface area contributed by atoms with Gasteiger partial charge in [-0.3, -0.25) is 0 Å². The minimum atomic E-state index is -0.234. The van der Waals surface area contributed by atoms with Crippen LogP contribution in [0, 0.1) is 0 Å². The van der Waals surface area contributed by atoms with E-state index in [1.54, 1.807) is 6.07 Å². The van der Waals surface area contributed by atoms with E-state index in [0.29, 0.717) is 11.3 Å². The molecule has 0 aliphatic carbocycles. The Morgan fingerprint density at radius 2 is 2.07 bits per heavy atom. The van der Waals surface area contributed by atoms with Gasteiger partial charge >= 0.3 is 0 Å². The summed E-state index contributed by atoms with van der Waals surface area (Å²) >= 11 is 5.88. The third-order valence-electron chi connectivity index (χ3n) is 2.11. The maximum absolute atomic E-state index is 9.56. The molecule has 0 aliphatic heterocycles. The Morgan fingerprint density at radius 1 is 1.43 bits per heavy atom. The van der Waals surface area contributed by atoms with E-state index in [9.17, 15) is 5.11 Å². The fourth-order valence-corrected chi connectivity index (χ4v) is 1.66. The summed E-state index contributed by atoms with van der Waals surface area (Å²) < 4.78 is 5.07. The van der Waals surface area contributed by atoms with Crippen molar-refractivity contribution in [3.8, 4) is 11.5 Å². The van der Waals surface area contributed by atoms with Crippen LogP contribution in [0.5, 0.6) is 11.5 Å². The summed E-state index contributed by atoms with van der Waals surface area (Å²) in [4.78, 5) is 0. The number of aliphatic hydroxyl groups is 1. The third-order valence-corrected chi connectivity index (χ3v) is 2.46. The summed E-state index contributed by atoms with van der Waals surface area (Å²) in [6.45, 7) is 1.72. The Morgan fingerprint density at radius 3 is 2.50 bits per heavy atom. The second-order valence-electron chi connectivity index (χ2n) is 2.90. The number of halogens is 1. The third kappa shape index (κ3) is 1.79. The number of ether oxygens (including phenoxy) is 1. The van der Waals surface area contributed by atoms with E-state index in [-0.39, 0.29) is 17.4 Å². The normalized spacial score (nSPS) is 10.3. The largest absolute Gasteiger partial charge is 0.506 e. The van der Waals surface area contributed by atoms with Gasteiger partial charge in [0.05, 0.1) is 13.7 Å². The topological polar surface area (TPSA) is 49.7 Å². The molecule has 0 radical (unpaired) electrons. The molecule has 0 atom stereocenters. The molecule has 1 aromatic carbocycles. The van der Waals surface area contributed by atoms with Crippen LogP contribution in [-0.4, -0.2) is 17.3 Å². The van der Waals surface area contributed by atoms with Crippen LogP contribution in [0.3, 0.4) is 0 Å².